The van der Waals surface area contributed by atoms with E-state index in [2.05, 4.69) is 17.9 Å². The van der Waals surface area contributed by atoms with Crippen molar-refractivity contribution in [2.45, 2.75) is 19.1 Å². The summed E-state index contributed by atoms with van der Waals surface area (Å²) in [5.41, 5.74) is 1.79. The SMILES string of the molecule is CC1COC(CO)CN1c1ccc(C#N)c2ccccc12. The lowest BCUT2D eigenvalue weighted by atomic mass is 10.0. The number of fused-ring (bicyclic) bond motifs is 1. The minimum absolute atomic E-state index is 0.0252. The first kappa shape index (κ1) is 13.9. The maximum atomic E-state index is 9.34. The molecule has 2 unspecified atom stereocenters. The van der Waals surface area contributed by atoms with Gasteiger partial charge in [0, 0.05) is 29.0 Å². The molecule has 3 rings (SSSR count). The molecule has 0 bridgehead atoms. The largest absolute Gasteiger partial charge is 0.394 e. The topological polar surface area (TPSA) is 56.5 Å². The predicted octanol–water partition coefficient (Wildman–Crippen LogP) is 2.30. The van der Waals surface area contributed by atoms with Crippen molar-refractivity contribution < 1.29 is 9.84 Å². The third kappa shape index (κ3) is 2.46. The number of rotatable bonds is 2. The van der Waals surface area contributed by atoms with E-state index in [-0.39, 0.29) is 18.8 Å². The number of benzene rings is 2. The second kappa shape index (κ2) is 5.72. The Morgan fingerprint density at radius 1 is 1.29 bits per heavy atom. The third-order valence-corrected chi connectivity index (χ3v) is 4.04. The first-order valence-corrected chi connectivity index (χ1v) is 7.15. The molecule has 0 spiro atoms. The van der Waals surface area contributed by atoms with Gasteiger partial charge in [-0.2, -0.15) is 5.26 Å². The van der Waals surface area contributed by atoms with Crippen molar-refractivity contribution in [3.63, 3.8) is 0 Å². The van der Waals surface area contributed by atoms with Gasteiger partial charge in [-0.15, -0.1) is 0 Å². The van der Waals surface area contributed by atoms with Crippen LogP contribution in [-0.2, 0) is 4.74 Å². The maximum Gasteiger partial charge on any atom is 0.0998 e. The fraction of sp³-hybridized carbons (Fsp3) is 0.353. The van der Waals surface area contributed by atoms with Gasteiger partial charge in [-0.05, 0) is 19.1 Å². The molecule has 2 atom stereocenters. The fourth-order valence-electron chi connectivity index (χ4n) is 2.89. The molecule has 1 saturated heterocycles. The van der Waals surface area contributed by atoms with E-state index < -0.39 is 0 Å². The molecule has 0 radical (unpaired) electrons. The average molecular weight is 282 g/mol. The lowest BCUT2D eigenvalue weighted by molar-refractivity contribution is -0.0102. The van der Waals surface area contributed by atoms with Gasteiger partial charge in [0.1, 0.15) is 0 Å². The highest BCUT2D eigenvalue weighted by molar-refractivity contribution is 5.98. The lowest BCUT2D eigenvalue weighted by Gasteiger charge is -2.39. The van der Waals surface area contributed by atoms with Gasteiger partial charge in [-0.3, -0.25) is 0 Å². The Morgan fingerprint density at radius 3 is 2.76 bits per heavy atom. The summed E-state index contributed by atoms with van der Waals surface area (Å²) in [5, 5.41) is 20.6. The Kier molecular flexibility index (Phi) is 3.78. The molecule has 4 nitrogen and oxygen atoms in total. The minimum atomic E-state index is -0.157. The molecular formula is C17H18N2O2. The zero-order valence-electron chi connectivity index (χ0n) is 12.0. The molecule has 4 heteroatoms. The Hall–Kier alpha value is -2.09. The number of ether oxygens (including phenoxy) is 1. The minimum Gasteiger partial charge on any atom is -0.394 e. The van der Waals surface area contributed by atoms with Crippen LogP contribution in [0.1, 0.15) is 12.5 Å². The van der Waals surface area contributed by atoms with Gasteiger partial charge < -0.3 is 14.7 Å². The highest BCUT2D eigenvalue weighted by Crippen LogP contribution is 2.32. The molecule has 0 saturated carbocycles. The maximum absolute atomic E-state index is 9.34. The molecule has 1 aliphatic heterocycles. The van der Waals surface area contributed by atoms with Crippen LogP contribution in [-0.4, -0.2) is 37.0 Å². The van der Waals surface area contributed by atoms with Crippen LogP contribution in [0.3, 0.4) is 0 Å². The van der Waals surface area contributed by atoms with Crippen LogP contribution in [0.2, 0.25) is 0 Å². The van der Waals surface area contributed by atoms with E-state index in [1.165, 1.54) is 0 Å². The van der Waals surface area contributed by atoms with E-state index in [4.69, 9.17) is 4.74 Å². The summed E-state index contributed by atoms with van der Waals surface area (Å²) in [6.07, 6.45) is -0.157. The van der Waals surface area contributed by atoms with E-state index in [9.17, 15) is 10.4 Å². The highest BCUT2D eigenvalue weighted by Gasteiger charge is 2.27. The van der Waals surface area contributed by atoms with Crippen LogP contribution < -0.4 is 4.90 Å². The standard InChI is InChI=1S/C17H18N2O2/c1-12-11-21-14(10-20)9-19(12)17-7-6-13(8-18)15-4-2-3-5-16(15)17/h2-7,12,14,20H,9-11H2,1H3. The van der Waals surface area contributed by atoms with Gasteiger partial charge in [-0.1, -0.05) is 24.3 Å². The molecular weight excluding hydrogens is 264 g/mol. The van der Waals surface area contributed by atoms with Crippen molar-refractivity contribution in [3.8, 4) is 6.07 Å². The number of anilines is 1. The normalized spacial score (nSPS) is 22.2. The third-order valence-electron chi connectivity index (χ3n) is 4.04. The van der Waals surface area contributed by atoms with Crippen LogP contribution in [0.5, 0.6) is 0 Å². The molecule has 0 aromatic heterocycles. The molecule has 1 fully saturated rings. The van der Waals surface area contributed by atoms with Crippen LogP contribution in [0.25, 0.3) is 10.8 Å². The van der Waals surface area contributed by atoms with Crippen LogP contribution in [0, 0.1) is 11.3 Å². The summed E-state index contributed by atoms with van der Waals surface area (Å²) < 4.78 is 5.60. The van der Waals surface area contributed by atoms with Crippen molar-refractivity contribution in [2.75, 3.05) is 24.7 Å². The van der Waals surface area contributed by atoms with Crippen molar-refractivity contribution in [3.05, 3.63) is 42.0 Å². The summed E-state index contributed by atoms with van der Waals surface area (Å²) in [4.78, 5) is 2.26. The summed E-state index contributed by atoms with van der Waals surface area (Å²) in [7, 11) is 0. The van der Waals surface area contributed by atoms with Gasteiger partial charge in [0.25, 0.3) is 0 Å². The lowest BCUT2D eigenvalue weighted by Crippen LogP contribution is -2.49. The summed E-state index contributed by atoms with van der Waals surface area (Å²) in [6.45, 7) is 3.39. The molecule has 1 N–H and O–H groups in total. The smallest absolute Gasteiger partial charge is 0.0998 e. The van der Waals surface area contributed by atoms with Crippen molar-refractivity contribution in [1.82, 2.24) is 0 Å². The Bertz CT molecular complexity index is 693. The van der Waals surface area contributed by atoms with Crippen molar-refractivity contribution in [2.24, 2.45) is 0 Å². The second-order valence-corrected chi connectivity index (χ2v) is 5.43. The molecule has 21 heavy (non-hydrogen) atoms. The number of hydrogen-bond acceptors (Lipinski definition) is 4. The Morgan fingerprint density at radius 2 is 2.05 bits per heavy atom. The van der Waals surface area contributed by atoms with Gasteiger partial charge >= 0.3 is 0 Å². The first-order chi connectivity index (χ1) is 10.2. The predicted molar refractivity (Wildman–Crippen MR) is 82.3 cm³/mol. The Balaban J connectivity index is 2.10. The van der Waals surface area contributed by atoms with Crippen LogP contribution >= 0.6 is 0 Å². The Labute approximate surface area is 124 Å². The van der Waals surface area contributed by atoms with Gasteiger partial charge in [-0.25, -0.2) is 0 Å². The monoisotopic (exact) mass is 282 g/mol. The number of aliphatic hydroxyl groups is 1. The highest BCUT2D eigenvalue weighted by atomic mass is 16.5. The zero-order chi connectivity index (χ0) is 14.8. The van der Waals surface area contributed by atoms with E-state index >= 15 is 0 Å². The summed E-state index contributed by atoms with van der Waals surface area (Å²) in [5.74, 6) is 0. The van der Waals surface area contributed by atoms with E-state index in [0.717, 1.165) is 16.5 Å². The van der Waals surface area contributed by atoms with Crippen molar-refractivity contribution >= 4 is 16.5 Å². The molecule has 2 aromatic carbocycles. The fourth-order valence-corrected chi connectivity index (χ4v) is 2.89. The van der Waals surface area contributed by atoms with Crippen LogP contribution in [0.15, 0.2) is 36.4 Å². The summed E-state index contributed by atoms with van der Waals surface area (Å²) >= 11 is 0. The van der Waals surface area contributed by atoms with Crippen molar-refractivity contribution in [1.29, 1.82) is 5.26 Å². The first-order valence-electron chi connectivity index (χ1n) is 7.15. The van der Waals surface area contributed by atoms with E-state index in [1.807, 2.05) is 36.4 Å². The van der Waals surface area contributed by atoms with Crippen LogP contribution in [0.4, 0.5) is 5.69 Å². The number of aliphatic hydroxyl groups excluding tert-OH is 1. The van der Waals surface area contributed by atoms with Gasteiger partial charge in [0.2, 0.25) is 0 Å². The molecule has 1 heterocycles. The average Bonchev–Trinajstić information content (AvgIpc) is 2.54. The summed E-state index contributed by atoms with van der Waals surface area (Å²) in [6, 6.07) is 14.3. The van der Waals surface area contributed by atoms with Gasteiger partial charge in [0.15, 0.2) is 0 Å². The molecule has 2 aromatic rings. The number of morpholine rings is 1. The van der Waals surface area contributed by atoms with E-state index in [1.54, 1.807) is 0 Å². The molecule has 1 aliphatic rings. The molecule has 0 aliphatic carbocycles. The molecule has 0 amide bonds. The zero-order valence-corrected chi connectivity index (χ0v) is 12.0. The quantitative estimate of drug-likeness (QED) is 0.918. The van der Waals surface area contributed by atoms with E-state index in [0.29, 0.717) is 18.7 Å². The molecule has 108 valence electrons. The number of hydrogen-bond donors (Lipinski definition) is 1. The second-order valence-electron chi connectivity index (χ2n) is 5.43. The number of nitriles is 1. The number of nitrogens with zero attached hydrogens (tertiary/aromatic N) is 2. The van der Waals surface area contributed by atoms with Gasteiger partial charge in [0.05, 0.1) is 31.0 Å².